The zero-order valence-electron chi connectivity index (χ0n) is 10.6. The second-order valence-corrected chi connectivity index (χ2v) is 5.30. The van der Waals surface area contributed by atoms with Crippen LogP contribution in [0, 0.1) is 19.8 Å². The molecule has 0 spiro atoms. The number of benzene rings is 1. The molecule has 0 saturated carbocycles. The first kappa shape index (κ1) is 11.3. The summed E-state index contributed by atoms with van der Waals surface area (Å²) in [4.78, 5) is 11.4. The number of anilines is 1. The van der Waals surface area contributed by atoms with Gasteiger partial charge in [-0.1, -0.05) is 24.3 Å². The van der Waals surface area contributed by atoms with Crippen molar-refractivity contribution in [2.24, 2.45) is 5.92 Å². The van der Waals surface area contributed by atoms with Crippen molar-refractivity contribution in [3.8, 4) is 0 Å². The van der Waals surface area contributed by atoms with E-state index in [0.29, 0.717) is 0 Å². The van der Waals surface area contributed by atoms with E-state index in [1.165, 1.54) is 11.1 Å². The summed E-state index contributed by atoms with van der Waals surface area (Å²) < 4.78 is 0. The second-order valence-electron chi connectivity index (χ2n) is 5.30. The molecule has 0 aromatic heterocycles. The summed E-state index contributed by atoms with van der Waals surface area (Å²) in [6.07, 6.45) is 5.14. The third kappa shape index (κ3) is 1.47. The minimum Gasteiger partial charge on any atom is -0.480 e. The Labute approximate surface area is 107 Å². The van der Waals surface area contributed by atoms with Crippen LogP contribution in [-0.2, 0) is 4.79 Å². The zero-order chi connectivity index (χ0) is 12.9. The third-order valence-electron chi connectivity index (χ3n) is 4.21. The first-order chi connectivity index (χ1) is 8.59. The Morgan fingerprint density at radius 1 is 1.33 bits per heavy atom. The Balaban J connectivity index is 2.17. The average molecular weight is 243 g/mol. The predicted octanol–water partition coefficient (Wildman–Crippen LogP) is 2.84. The molecule has 1 aliphatic heterocycles. The highest BCUT2D eigenvalue weighted by molar-refractivity contribution is 5.81. The maximum absolute atomic E-state index is 11.4. The molecule has 0 bridgehead atoms. The number of allylic oxidation sites excluding steroid dienone is 2. The number of aliphatic carboxylic acids is 1. The number of carbonyl (C=O) groups is 1. The number of hydrogen-bond acceptors (Lipinski definition) is 2. The normalized spacial score (nSPS) is 28.4. The molecule has 0 saturated heterocycles. The van der Waals surface area contributed by atoms with Crippen LogP contribution < -0.4 is 5.32 Å². The fourth-order valence-electron chi connectivity index (χ4n) is 3.29. The summed E-state index contributed by atoms with van der Waals surface area (Å²) in [5, 5.41) is 12.6. The van der Waals surface area contributed by atoms with Crippen LogP contribution in [-0.4, -0.2) is 17.1 Å². The van der Waals surface area contributed by atoms with Gasteiger partial charge >= 0.3 is 5.97 Å². The van der Waals surface area contributed by atoms with Gasteiger partial charge in [0.25, 0.3) is 0 Å². The number of carboxylic acids is 1. The Morgan fingerprint density at radius 2 is 2.06 bits per heavy atom. The van der Waals surface area contributed by atoms with Crippen molar-refractivity contribution in [1.29, 1.82) is 0 Å². The van der Waals surface area contributed by atoms with Gasteiger partial charge < -0.3 is 10.4 Å². The summed E-state index contributed by atoms with van der Waals surface area (Å²) in [6, 6.07) is 3.71. The molecular weight excluding hydrogens is 226 g/mol. The molecule has 3 heteroatoms. The van der Waals surface area contributed by atoms with Gasteiger partial charge in [-0.15, -0.1) is 0 Å². The van der Waals surface area contributed by atoms with Gasteiger partial charge in [0, 0.05) is 17.5 Å². The number of aryl methyl sites for hydroxylation is 2. The van der Waals surface area contributed by atoms with E-state index in [2.05, 4.69) is 36.5 Å². The number of nitrogens with one attached hydrogen (secondary N) is 1. The molecule has 3 rings (SSSR count). The summed E-state index contributed by atoms with van der Waals surface area (Å²) in [7, 11) is 0. The maximum Gasteiger partial charge on any atom is 0.326 e. The molecule has 1 aromatic rings. The molecule has 1 aliphatic carbocycles. The molecule has 3 nitrogen and oxygen atoms in total. The Bertz CT molecular complexity index is 548. The fourth-order valence-corrected chi connectivity index (χ4v) is 3.29. The molecule has 1 aromatic carbocycles. The largest absolute Gasteiger partial charge is 0.480 e. The molecule has 94 valence electrons. The molecule has 1 heterocycles. The standard InChI is InChI=1S/C15H17NO2/c1-8-6-7-9(2)13-12(8)10-4-3-5-11(10)14(16-13)15(17)18/h3-4,6-7,10-11,14,16H,5H2,1-2H3,(H,17,18)/t10-,11-,14-/m0/s1. The van der Waals surface area contributed by atoms with Gasteiger partial charge in [-0.05, 0) is 37.0 Å². The van der Waals surface area contributed by atoms with E-state index in [0.717, 1.165) is 17.7 Å². The SMILES string of the molecule is Cc1ccc(C)c2c1N[C@H](C(=O)O)[C@H]1CC=C[C@H]21. The van der Waals surface area contributed by atoms with Crippen molar-refractivity contribution in [3.05, 3.63) is 41.0 Å². The lowest BCUT2D eigenvalue weighted by atomic mass is 9.77. The smallest absolute Gasteiger partial charge is 0.326 e. The Kier molecular flexibility index (Phi) is 2.44. The van der Waals surface area contributed by atoms with Crippen LogP contribution in [0.1, 0.15) is 29.0 Å². The zero-order valence-corrected chi connectivity index (χ0v) is 10.6. The molecule has 18 heavy (non-hydrogen) atoms. The molecule has 0 amide bonds. The molecule has 0 fully saturated rings. The van der Waals surface area contributed by atoms with E-state index in [4.69, 9.17) is 0 Å². The minimum absolute atomic E-state index is 0.149. The second kappa shape index (κ2) is 3.87. The molecule has 3 atom stereocenters. The molecular formula is C15H17NO2. The maximum atomic E-state index is 11.4. The van der Waals surface area contributed by atoms with Crippen molar-refractivity contribution >= 4 is 11.7 Å². The Hall–Kier alpha value is -1.77. The van der Waals surface area contributed by atoms with Gasteiger partial charge in [-0.3, -0.25) is 0 Å². The Morgan fingerprint density at radius 3 is 2.78 bits per heavy atom. The van der Waals surface area contributed by atoms with Crippen molar-refractivity contribution in [1.82, 2.24) is 0 Å². The number of hydrogen-bond donors (Lipinski definition) is 2. The van der Waals surface area contributed by atoms with Crippen LogP contribution in [0.2, 0.25) is 0 Å². The highest BCUT2D eigenvalue weighted by atomic mass is 16.4. The number of rotatable bonds is 1. The van der Waals surface area contributed by atoms with Crippen LogP contribution in [0.4, 0.5) is 5.69 Å². The van der Waals surface area contributed by atoms with Gasteiger partial charge in [0.15, 0.2) is 0 Å². The van der Waals surface area contributed by atoms with Gasteiger partial charge in [0.2, 0.25) is 0 Å². The average Bonchev–Trinajstić information content (AvgIpc) is 2.81. The van der Waals surface area contributed by atoms with E-state index in [-0.39, 0.29) is 11.8 Å². The number of carboxylic acid groups (broad SMARTS) is 1. The van der Waals surface area contributed by atoms with E-state index < -0.39 is 12.0 Å². The van der Waals surface area contributed by atoms with Crippen molar-refractivity contribution in [3.63, 3.8) is 0 Å². The topological polar surface area (TPSA) is 49.3 Å². The van der Waals surface area contributed by atoms with Crippen molar-refractivity contribution in [2.75, 3.05) is 5.32 Å². The van der Waals surface area contributed by atoms with E-state index in [1.807, 2.05) is 6.92 Å². The highest BCUT2D eigenvalue weighted by Gasteiger charge is 2.41. The van der Waals surface area contributed by atoms with Crippen LogP contribution in [0.25, 0.3) is 0 Å². The minimum atomic E-state index is -0.750. The van der Waals surface area contributed by atoms with E-state index >= 15 is 0 Å². The quantitative estimate of drug-likeness (QED) is 0.746. The summed E-state index contributed by atoms with van der Waals surface area (Å²) in [6.45, 7) is 4.13. The predicted molar refractivity (Wildman–Crippen MR) is 71.0 cm³/mol. The number of fused-ring (bicyclic) bond motifs is 3. The third-order valence-corrected chi connectivity index (χ3v) is 4.21. The van der Waals surface area contributed by atoms with Crippen LogP contribution in [0.3, 0.4) is 0 Å². The van der Waals surface area contributed by atoms with Gasteiger partial charge in [-0.2, -0.15) is 0 Å². The monoisotopic (exact) mass is 243 g/mol. The van der Waals surface area contributed by atoms with Crippen molar-refractivity contribution < 1.29 is 9.90 Å². The van der Waals surface area contributed by atoms with Crippen LogP contribution >= 0.6 is 0 Å². The lowest BCUT2D eigenvalue weighted by Gasteiger charge is -2.36. The lowest BCUT2D eigenvalue weighted by Crippen LogP contribution is -2.42. The van der Waals surface area contributed by atoms with E-state index in [9.17, 15) is 9.90 Å². The van der Waals surface area contributed by atoms with Crippen LogP contribution in [0.5, 0.6) is 0 Å². The molecule has 0 radical (unpaired) electrons. The van der Waals surface area contributed by atoms with Gasteiger partial charge in [-0.25, -0.2) is 4.79 Å². The van der Waals surface area contributed by atoms with E-state index in [1.54, 1.807) is 0 Å². The molecule has 0 unspecified atom stereocenters. The first-order valence-corrected chi connectivity index (χ1v) is 6.35. The summed E-state index contributed by atoms with van der Waals surface area (Å²) in [5.74, 6) is -0.349. The summed E-state index contributed by atoms with van der Waals surface area (Å²) >= 11 is 0. The van der Waals surface area contributed by atoms with Gasteiger partial charge in [0.05, 0.1) is 0 Å². The van der Waals surface area contributed by atoms with Crippen molar-refractivity contribution in [2.45, 2.75) is 32.2 Å². The summed E-state index contributed by atoms with van der Waals surface area (Å²) in [5.41, 5.74) is 4.68. The van der Waals surface area contributed by atoms with Crippen LogP contribution in [0.15, 0.2) is 24.3 Å². The fraction of sp³-hybridized carbons (Fsp3) is 0.400. The van der Waals surface area contributed by atoms with Gasteiger partial charge in [0.1, 0.15) is 6.04 Å². The molecule has 2 aliphatic rings. The molecule has 2 N–H and O–H groups in total. The highest BCUT2D eigenvalue weighted by Crippen LogP contribution is 2.46. The lowest BCUT2D eigenvalue weighted by molar-refractivity contribution is -0.139. The first-order valence-electron chi connectivity index (χ1n) is 6.35.